The van der Waals surface area contributed by atoms with Crippen molar-refractivity contribution in [1.82, 2.24) is 5.32 Å². The molecule has 0 aromatic heterocycles. The maximum Gasteiger partial charge on any atom is 0.513 e. The third-order valence-corrected chi connectivity index (χ3v) is 9.19. The molecule has 2 aliphatic heterocycles. The van der Waals surface area contributed by atoms with E-state index in [4.69, 9.17) is 33.6 Å². The summed E-state index contributed by atoms with van der Waals surface area (Å²) < 4.78 is 34.8. The lowest BCUT2D eigenvalue weighted by Crippen LogP contribution is -2.99. The van der Waals surface area contributed by atoms with Crippen LogP contribution in [-0.4, -0.2) is 72.8 Å². The molecule has 2 saturated carbocycles. The van der Waals surface area contributed by atoms with E-state index in [-0.39, 0.29) is 35.7 Å². The second-order valence-corrected chi connectivity index (χ2v) is 12.4. The highest BCUT2D eigenvalue weighted by Crippen LogP contribution is 2.59. The molecule has 2 aliphatic carbocycles. The molecule has 232 valence electrons. The van der Waals surface area contributed by atoms with Crippen molar-refractivity contribution in [2.45, 2.75) is 101 Å². The second kappa shape index (κ2) is 12.1. The summed E-state index contributed by atoms with van der Waals surface area (Å²) in [5.74, 6) is 0.0735. The van der Waals surface area contributed by atoms with E-state index in [2.05, 4.69) is 32.2 Å². The van der Waals surface area contributed by atoms with Crippen LogP contribution >= 0.6 is 0 Å². The van der Waals surface area contributed by atoms with Crippen molar-refractivity contribution in [3.63, 3.8) is 0 Å². The Morgan fingerprint density at radius 3 is 2.48 bits per heavy atom. The molecule has 5 rings (SSSR count). The Balaban J connectivity index is 1.18. The predicted molar refractivity (Wildman–Crippen MR) is 148 cm³/mol. The van der Waals surface area contributed by atoms with Gasteiger partial charge in [0.2, 0.25) is 0 Å². The smallest absolute Gasteiger partial charge is 0.513 e. The first-order valence-corrected chi connectivity index (χ1v) is 14.6. The van der Waals surface area contributed by atoms with Crippen molar-refractivity contribution in [3.8, 4) is 5.75 Å². The van der Waals surface area contributed by atoms with Crippen LogP contribution in [0.3, 0.4) is 0 Å². The summed E-state index contributed by atoms with van der Waals surface area (Å²) >= 11 is 0. The largest absolute Gasteiger partial charge is 0.595 e. The molecule has 2 saturated heterocycles. The molecule has 12 nitrogen and oxygen atoms in total. The number of hydrogen-bond acceptors (Lipinski definition) is 10. The summed E-state index contributed by atoms with van der Waals surface area (Å²) in [7, 11) is 1.64. The molecular formula is C30H42N2O10. The van der Waals surface area contributed by atoms with Crippen molar-refractivity contribution in [3.05, 3.63) is 41.1 Å². The minimum atomic E-state index is -1.08. The third kappa shape index (κ3) is 6.58. The minimum absolute atomic E-state index is 0.0532. The molecule has 3 N–H and O–H groups in total. The Labute approximate surface area is 245 Å². The quantitative estimate of drug-likeness (QED) is 0.121. The van der Waals surface area contributed by atoms with Gasteiger partial charge in [0.15, 0.2) is 5.69 Å². The molecule has 0 radical (unpaired) electrons. The van der Waals surface area contributed by atoms with Gasteiger partial charge in [-0.2, -0.15) is 5.23 Å². The van der Waals surface area contributed by atoms with E-state index in [9.17, 15) is 14.8 Å². The van der Waals surface area contributed by atoms with E-state index >= 15 is 0 Å². The van der Waals surface area contributed by atoms with Gasteiger partial charge in [-0.25, -0.2) is 14.8 Å². The van der Waals surface area contributed by atoms with Crippen LogP contribution in [0.15, 0.2) is 35.9 Å². The van der Waals surface area contributed by atoms with E-state index in [1.54, 1.807) is 7.11 Å². The molecule has 1 aromatic carbocycles. The molecule has 4 fully saturated rings. The number of ether oxygens (including phenoxy) is 6. The molecule has 0 bridgehead atoms. The first-order valence-electron chi connectivity index (χ1n) is 14.6. The number of epoxide rings is 2. The molecule has 1 amide bonds. The normalized spacial score (nSPS) is 33.4. The van der Waals surface area contributed by atoms with Gasteiger partial charge in [-0.15, -0.1) is 0 Å². The average molecular weight is 591 g/mol. The molecule has 4 aliphatic rings. The van der Waals surface area contributed by atoms with Gasteiger partial charge in [-0.3, -0.25) is 0 Å². The zero-order chi connectivity index (χ0) is 30.1. The summed E-state index contributed by atoms with van der Waals surface area (Å²) in [6, 6.07) is 5.42. The van der Waals surface area contributed by atoms with Crippen LogP contribution < -0.4 is 15.3 Å². The number of benzene rings is 1. The van der Waals surface area contributed by atoms with E-state index in [1.807, 2.05) is 0 Å². The fourth-order valence-corrected chi connectivity index (χ4v) is 6.80. The summed E-state index contributed by atoms with van der Waals surface area (Å²) in [5.41, 5.74) is -0.216. The van der Waals surface area contributed by atoms with Gasteiger partial charge in [0, 0.05) is 19.2 Å². The van der Waals surface area contributed by atoms with Gasteiger partial charge in [0.05, 0.1) is 24.2 Å². The van der Waals surface area contributed by atoms with Crippen LogP contribution in [0.5, 0.6) is 5.75 Å². The van der Waals surface area contributed by atoms with Crippen molar-refractivity contribution in [2.24, 2.45) is 5.92 Å². The number of carbonyl (C=O) groups is 2. The van der Waals surface area contributed by atoms with Crippen LogP contribution in [-0.2, 0) is 23.7 Å². The fraction of sp³-hybridized carbons (Fsp3) is 0.667. The highest BCUT2D eigenvalue weighted by atomic mass is 16.8. The average Bonchev–Trinajstić information content (AvgIpc) is 3.81. The number of rotatable bonds is 10. The molecule has 1 spiro atoms. The summed E-state index contributed by atoms with van der Waals surface area (Å²) in [5, 5.41) is 22.0. The summed E-state index contributed by atoms with van der Waals surface area (Å²) in [6.45, 7) is 6.80. The number of quaternary nitrogens is 1. The highest BCUT2D eigenvalue weighted by Gasteiger charge is 2.72. The number of nitrogens with one attached hydrogen (secondary N) is 2. The van der Waals surface area contributed by atoms with Gasteiger partial charge in [-0.05, 0) is 65.0 Å². The summed E-state index contributed by atoms with van der Waals surface area (Å²) in [6.07, 6.45) is 4.96. The first-order chi connectivity index (χ1) is 20.0. The molecule has 42 heavy (non-hydrogen) atoms. The number of alkyl carbamates (subject to hydrolysis) is 1. The van der Waals surface area contributed by atoms with Crippen LogP contribution in [0, 0.1) is 11.1 Å². The van der Waals surface area contributed by atoms with Gasteiger partial charge >= 0.3 is 12.2 Å². The first kappa shape index (κ1) is 30.7. The third-order valence-electron chi connectivity index (χ3n) is 9.19. The monoisotopic (exact) mass is 590 g/mol. The van der Waals surface area contributed by atoms with Crippen molar-refractivity contribution in [1.29, 1.82) is 0 Å². The number of hydrogen-bond donors (Lipinski definition) is 3. The molecule has 12 heteroatoms. The Morgan fingerprint density at radius 2 is 1.88 bits per heavy atom. The SMILES string of the molecule is COC1C(OC(=O)NC2(COC(=O)Oc3ccc([NH+]([O-])O)cc3)CCCC2)CCC2(CO2)C1C1(C)OC1CC=C(C)C. The Kier molecular flexibility index (Phi) is 8.85. The van der Waals surface area contributed by atoms with Gasteiger partial charge in [-0.1, -0.05) is 24.5 Å². The standard InChI is InChI=1S/C30H42N2O10/c1-19(2)7-12-23-28(3,42-23)25-24(37-4)22(13-16-30(25)18-39-30)41-26(33)31-29(14-5-6-15-29)17-38-27(34)40-21-10-8-20(9-11-21)32(35)36/h7-11,22-25,32,35H,5-6,12-18H2,1-4H3,(H,31,33). The zero-order valence-electron chi connectivity index (χ0n) is 24.7. The number of methoxy groups -OCH3 is 1. The molecule has 1 aromatic rings. The fourth-order valence-electron chi connectivity index (χ4n) is 6.80. The minimum Gasteiger partial charge on any atom is -0.595 e. The van der Waals surface area contributed by atoms with Crippen LogP contribution in [0.4, 0.5) is 15.3 Å². The van der Waals surface area contributed by atoms with E-state index in [0.717, 1.165) is 25.7 Å². The number of allylic oxidation sites excluding steroid dienone is 1. The second-order valence-electron chi connectivity index (χ2n) is 12.4. The molecular weight excluding hydrogens is 548 g/mol. The lowest BCUT2D eigenvalue weighted by molar-refractivity contribution is -0.991. The Morgan fingerprint density at radius 1 is 1.19 bits per heavy atom. The van der Waals surface area contributed by atoms with Crippen LogP contribution in [0.2, 0.25) is 0 Å². The molecule has 7 atom stereocenters. The number of amides is 1. The molecule has 2 heterocycles. The maximum atomic E-state index is 13.3. The van der Waals surface area contributed by atoms with Crippen molar-refractivity contribution >= 4 is 17.9 Å². The van der Waals surface area contributed by atoms with Gasteiger partial charge in [0.25, 0.3) is 0 Å². The summed E-state index contributed by atoms with van der Waals surface area (Å²) in [4.78, 5) is 25.6. The van der Waals surface area contributed by atoms with Crippen LogP contribution in [0.25, 0.3) is 0 Å². The highest BCUT2D eigenvalue weighted by molar-refractivity contribution is 5.69. The zero-order valence-corrected chi connectivity index (χ0v) is 24.7. The van der Waals surface area contributed by atoms with E-state index in [1.165, 1.54) is 29.8 Å². The van der Waals surface area contributed by atoms with E-state index in [0.29, 0.717) is 25.9 Å². The predicted octanol–water partition coefficient (Wildman–Crippen LogP) is 3.72. The lowest BCUT2D eigenvalue weighted by Gasteiger charge is -2.43. The van der Waals surface area contributed by atoms with Crippen molar-refractivity contribution < 1.29 is 48.4 Å². The maximum absolute atomic E-state index is 13.3. The van der Waals surface area contributed by atoms with Crippen molar-refractivity contribution in [2.75, 3.05) is 20.3 Å². The Hall–Kier alpha value is -2.74. The van der Waals surface area contributed by atoms with Crippen LogP contribution in [0.1, 0.15) is 65.7 Å². The Bertz CT molecular complexity index is 1160. The lowest BCUT2D eigenvalue weighted by atomic mass is 9.68. The number of carbonyl (C=O) groups excluding carboxylic acids is 2. The topological polar surface area (TPSA) is 156 Å². The van der Waals surface area contributed by atoms with Gasteiger partial charge < -0.3 is 38.9 Å². The van der Waals surface area contributed by atoms with Gasteiger partial charge in [0.1, 0.15) is 35.8 Å². The molecule has 7 unspecified atom stereocenters. The van der Waals surface area contributed by atoms with E-state index < -0.39 is 40.8 Å².